The van der Waals surface area contributed by atoms with E-state index in [1.54, 1.807) is 0 Å². The number of hydrogen-bond donors (Lipinski definition) is 1. The first-order valence-electron chi connectivity index (χ1n) is 9.37. The van der Waals surface area contributed by atoms with Gasteiger partial charge in [0, 0.05) is 46.5 Å². The lowest BCUT2D eigenvalue weighted by molar-refractivity contribution is 0.0190. The molecule has 2 aliphatic rings. The summed E-state index contributed by atoms with van der Waals surface area (Å²) in [4.78, 5) is 6.77. The van der Waals surface area contributed by atoms with E-state index in [2.05, 4.69) is 26.5 Å². The fraction of sp³-hybridized carbons (Fsp3) is 0.778. The van der Waals surface area contributed by atoms with E-state index in [0.29, 0.717) is 25.2 Å². The maximum Gasteiger partial charge on any atom is 0.193 e. The van der Waals surface area contributed by atoms with E-state index in [4.69, 9.17) is 9.47 Å². The van der Waals surface area contributed by atoms with Crippen LogP contribution in [0, 0.1) is 5.92 Å². The summed E-state index contributed by atoms with van der Waals surface area (Å²) in [5.74, 6) is 1.65. The highest BCUT2D eigenvalue weighted by Gasteiger charge is 2.25. The van der Waals surface area contributed by atoms with Crippen LogP contribution in [0.3, 0.4) is 0 Å². The quantitative estimate of drug-likeness (QED) is 0.280. The maximum atomic E-state index is 5.71. The van der Waals surface area contributed by atoms with Gasteiger partial charge in [0.1, 0.15) is 0 Å². The molecule has 7 nitrogen and oxygen atoms in total. The Balaban J connectivity index is 0.00000243. The Morgan fingerprint density at radius 1 is 1.46 bits per heavy atom. The van der Waals surface area contributed by atoms with Crippen molar-refractivity contribution in [3.05, 3.63) is 18.0 Å². The second-order valence-corrected chi connectivity index (χ2v) is 7.01. The molecule has 0 aliphatic carbocycles. The summed E-state index contributed by atoms with van der Waals surface area (Å²) >= 11 is 0. The van der Waals surface area contributed by atoms with Crippen molar-refractivity contribution in [3.8, 4) is 0 Å². The van der Waals surface area contributed by atoms with Gasteiger partial charge in [-0.1, -0.05) is 0 Å². The molecule has 8 heteroatoms. The van der Waals surface area contributed by atoms with E-state index in [-0.39, 0.29) is 24.0 Å². The Morgan fingerprint density at radius 3 is 3.04 bits per heavy atom. The summed E-state index contributed by atoms with van der Waals surface area (Å²) in [5.41, 5.74) is 1.32. The minimum absolute atomic E-state index is 0. The molecule has 0 amide bonds. The molecule has 1 aromatic rings. The van der Waals surface area contributed by atoms with Crippen molar-refractivity contribution in [2.45, 2.75) is 31.8 Å². The lowest BCUT2D eigenvalue weighted by Crippen LogP contribution is -2.41. The average Bonchev–Trinajstić information content (AvgIpc) is 3.34. The molecule has 2 saturated heterocycles. The highest BCUT2D eigenvalue weighted by atomic mass is 127. The molecule has 26 heavy (non-hydrogen) atoms. The fourth-order valence-corrected chi connectivity index (χ4v) is 3.66. The van der Waals surface area contributed by atoms with Crippen LogP contribution in [0.1, 0.15) is 24.8 Å². The van der Waals surface area contributed by atoms with Gasteiger partial charge in [0.2, 0.25) is 0 Å². The van der Waals surface area contributed by atoms with Crippen LogP contribution in [0.2, 0.25) is 0 Å². The number of aliphatic imine (C=N–C) groups is 1. The van der Waals surface area contributed by atoms with Crippen LogP contribution in [0.5, 0.6) is 0 Å². The minimum atomic E-state index is 0. The molecule has 2 atom stereocenters. The number of guanidine groups is 1. The van der Waals surface area contributed by atoms with Crippen LogP contribution < -0.4 is 5.32 Å². The Kier molecular flexibility index (Phi) is 9.13. The molecule has 1 aromatic heterocycles. The van der Waals surface area contributed by atoms with Crippen LogP contribution in [0.4, 0.5) is 0 Å². The van der Waals surface area contributed by atoms with Crippen molar-refractivity contribution < 1.29 is 9.47 Å². The number of nitrogens with one attached hydrogen (secondary N) is 1. The second-order valence-electron chi connectivity index (χ2n) is 7.01. The lowest BCUT2D eigenvalue weighted by Gasteiger charge is -2.22. The number of aromatic nitrogens is 2. The summed E-state index contributed by atoms with van der Waals surface area (Å²) in [6.45, 7) is 5.16. The smallest absolute Gasteiger partial charge is 0.193 e. The topological polar surface area (TPSA) is 63.9 Å². The number of nitrogens with zero attached hydrogens (tertiary/aromatic N) is 4. The molecule has 2 fully saturated rings. The van der Waals surface area contributed by atoms with Gasteiger partial charge in [0.25, 0.3) is 0 Å². The standard InChI is InChI=1S/C18H31N5O2.HI/c1-19-18(20-6-9-24-14-17-4-3-8-25-17)23-7-5-15(13-23)10-16-11-21-22(2)12-16;/h11-12,15,17H,3-10,13-14H2,1-2H3,(H,19,20);1H. The Hall–Kier alpha value is -0.870. The first-order valence-corrected chi connectivity index (χ1v) is 9.37. The van der Waals surface area contributed by atoms with Crippen molar-refractivity contribution in [2.24, 2.45) is 18.0 Å². The maximum absolute atomic E-state index is 5.71. The molecule has 0 aromatic carbocycles. The van der Waals surface area contributed by atoms with Gasteiger partial charge in [0.15, 0.2) is 5.96 Å². The van der Waals surface area contributed by atoms with E-state index >= 15 is 0 Å². The van der Waals surface area contributed by atoms with Gasteiger partial charge in [-0.25, -0.2) is 0 Å². The molecule has 0 saturated carbocycles. The largest absolute Gasteiger partial charge is 0.377 e. The summed E-state index contributed by atoms with van der Waals surface area (Å²) in [6, 6.07) is 0. The van der Waals surface area contributed by atoms with Gasteiger partial charge >= 0.3 is 0 Å². The van der Waals surface area contributed by atoms with E-state index in [1.807, 2.05) is 25.0 Å². The van der Waals surface area contributed by atoms with Crippen LogP contribution >= 0.6 is 24.0 Å². The van der Waals surface area contributed by atoms with Crippen molar-refractivity contribution >= 4 is 29.9 Å². The SMILES string of the molecule is CN=C(NCCOCC1CCCO1)N1CCC(Cc2cnn(C)c2)C1.I. The second kappa shape index (κ2) is 11.1. The molecule has 0 radical (unpaired) electrons. The van der Waals surface area contributed by atoms with Gasteiger partial charge in [-0.2, -0.15) is 5.10 Å². The monoisotopic (exact) mass is 477 g/mol. The third-order valence-electron chi connectivity index (χ3n) is 4.94. The van der Waals surface area contributed by atoms with Crippen LogP contribution in [-0.4, -0.2) is 73.2 Å². The Bertz CT molecular complexity index is 560. The summed E-state index contributed by atoms with van der Waals surface area (Å²) in [6.07, 6.45) is 8.96. The molecule has 0 bridgehead atoms. The number of ether oxygens (including phenoxy) is 2. The first kappa shape index (κ1) is 21.4. The highest BCUT2D eigenvalue weighted by Crippen LogP contribution is 2.20. The first-order chi connectivity index (χ1) is 12.2. The molecule has 3 rings (SSSR count). The van der Waals surface area contributed by atoms with Crippen molar-refractivity contribution in [1.82, 2.24) is 20.0 Å². The third-order valence-corrected chi connectivity index (χ3v) is 4.94. The fourth-order valence-electron chi connectivity index (χ4n) is 3.66. The molecular formula is C18H32IN5O2. The van der Waals surface area contributed by atoms with Gasteiger partial charge < -0.3 is 19.7 Å². The van der Waals surface area contributed by atoms with Gasteiger partial charge in [0.05, 0.1) is 25.5 Å². The number of hydrogen-bond acceptors (Lipinski definition) is 4. The zero-order valence-corrected chi connectivity index (χ0v) is 18.2. The Labute approximate surface area is 173 Å². The predicted octanol–water partition coefficient (Wildman–Crippen LogP) is 1.67. The number of aryl methyl sites for hydroxylation is 1. The summed E-state index contributed by atoms with van der Waals surface area (Å²) in [5, 5.41) is 7.68. The van der Waals surface area contributed by atoms with Crippen LogP contribution in [-0.2, 0) is 22.9 Å². The van der Waals surface area contributed by atoms with Crippen molar-refractivity contribution in [2.75, 3.05) is 46.5 Å². The zero-order valence-electron chi connectivity index (χ0n) is 15.9. The van der Waals surface area contributed by atoms with Crippen molar-refractivity contribution in [3.63, 3.8) is 0 Å². The van der Waals surface area contributed by atoms with E-state index in [1.165, 1.54) is 12.0 Å². The summed E-state index contributed by atoms with van der Waals surface area (Å²) < 4.78 is 13.1. The third kappa shape index (κ3) is 6.38. The van der Waals surface area contributed by atoms with E-state index < -0.39 is 0 Å². The highest BCUT2D eigenvalue weighted by molar-refractivity contribution is 14.0. The van der Waals surface area contributed by atoms with Gasteiger partial charge in [-0.15, -0.1) is 24.0 Å². The molecule has 148 valence electrons. The average molecular weight is 477 g/mol. The summed E-state index contributed by atoms with van der Waals surface area (Å²) in [7, 11) is 3.82. The molecular weight excluding hydrogens is 445 g/mol. The molecule has 2 aliphatic heterocycles. The molecule has 3 heterocycles. The molecule has 2 unspecified atom stereocenters. The van der Waals surface area contributed by atoms with Gasteiger partial charge in [-0.05, 0) is 37.2 Å². The van der Waals surface area contributed by atoms with E-state index in [9.17, 15) is 0 Å². The minimum Gasteiger partial charge on any atom is -0.377 e. The predicted molar refractivity (Wildman–Crippen MR) is 113 cm³/mol. The van der Waals surface area contributed by atoms with Crippen LogP contribution in [0.15, 0.2) is 17.4 Å². The molecule has 1 N–H and O–H groups in total. The van der Waals surface area contributed by atoms with E-state index in [0.717, 1.165) is 51.5 Å². The van der Waals surface area contributed by atoms with Gasteiger partial charge in [-0.3, -0.25) is 9.67 Å². The number of rotatable bonds is 7. The Morgan fingerprint density at radius 2 is 2.35 bits per heavy atom. The zero-order chi connectivity index (χ0) is 17.5. The lowest BCUT2D eigenvalue weighted by atomic mass is 10.0. The van der Waals surface area contributed by atoms with Crippen molar-refractivity contribution in [1.29, 1.82) is 0 Å². The number of halogens is 1. The number of likely N-dealkylation sites (tertiary alicyclic amines) is 1. The molecule has 0 spiro atoms. The normalized spacial score (nSPS) is 23.3. The van der Waals surface area contributed by atoms with Crippen LogP contribution in [0.25, 0.3) is 0 Å².